The molecule has 3 rings (SSSR count). The Bertz CT molecular complexity index is 676. The third-order valence-electron chi connectivity index (χ3n) is 3.15. The van der Waals surface area contributed by atoms with Crippen molar-refractivity contribution in [2.75, 3.05) is 12.1 Å². The zero-order valence-electron chi connectivity index (χ0n) is 11.0. The van der Waals surface area contributed by atoms with Gasteiger partial charge in [0, 0.05) is 28.4 Å². The normalized spacial score (nSPS) is 13.5. The topological polar surface area (TPSA) is 30.5 Å². The van der Waals surface area contributed by atoms with Gasteiger partial charge < -0.3 is 14.8 Å². The molecule has 2 aromatic carbocycles. The van der Waals surface area contributed by atoms with Crippen LogP contribution < -0.4 is 10.1 Å². The van der Waals surface area contributed by atoms with E-state index < -0.39 is 0 Å². The number of benzene rings is 2. The highest BCUT2D eigenvalue weighted by molar-refractivity contribution is 6.42. The molecule has 0 bridgehead atoms. The minimum atomic E-state index is 0.258. The van der Waals surface area contributed by atoms with Gasteiger partial charge in [0.25, 0.3) is 0 Å². The zero-order valence-corrected chi connectivity index (χ0v) is 13.2. The third kappa shape index (κ3) is 3.38. The molecule has 6 heteroatoms. The number of rotatable bonds is 3. The van der Waals surface area contributed by atoms with Crippen LogP contribution in [-0.2, 0) is 17.9 Å². The smallest absolute Gasteiger partial charge is 0.189 e. The summed E-state index contributed by atoms with van der Waals surface area (Å²) >= 11 is 18.0. The van der Waals surface area contributed by atoms with Crippen molar-refractivity contribution in [3.63, 3.8) is 0 Å². The molecular formula is C15H12Cl3NO2. The van der Waals surface area contributed by atoms with Crippen molar-refractivity contribution in [3.8, 4) is 5.75 Å². The summed E-state index contributed by atoms with van der Waals surface area (Å²) in [6.07, 6.45) is 0. The molecule has 0 saturated carbocycles. The van der Waals surface area contributed by atoms with E-state index in [-0.39, 0.29) is 6.79 Å². The van der Waals surface area contributed by atoms with Crippen LogP contribution in [0.3, 0.4) is 0 Å². The van der Waals surface area contributed by atoms with Crippen molar-refractivity contribution in [1.82, 2.24) is 0 Å². The maximum absolute atomic E-state index is 6.13. The first-order chi connectivity index (χ1) is 10.1. The van der Waals surface area contributed by atoms with Crippen molar-refractivity contribution < 1.29 is 9.47 Å². The highest BCUT2D eigenvalue weighted by Crippen LogP contribution is 2.32. The van der Waals surface area contributed by atoms with E-state index in [4.69, 9.17) is 44.3 Å². The average Bonchev–Trinajstić information content (AvgIpc) is 2.48. The first-order valence-electron chi connectivity index (χ1n) is 6.34. The molecule has 21 heavy (non-hydrogen) atoms. The molecule has 0 unspecified atom stereocenters. The number of hydrogen-bond acceptors (Lipinski definition) is 3. The summed E-state index contributed by atoms with van der Waals surface area (Å²) in [7, 11) is 0. The third-order valence-corrected chi connectivity index (χ3v) is 4.11. The second-order valence-electron chi connectivity index (χ2n) is 4.65. The molecule has 0 radical (unpaired) electrons. The monoisotopic (exact) mass is 343 g/mol. The van der Waals surface area contributed by atoms with E-state index in [0.717, 1.165) is 22.6 Å². The van der Waals surface area contributed by atoms with Gasteiger partial charge in [0.15, 0.2) is 6.79 Å². The molecule has 1 aliphatic heterocycles. The van der Waals surface area contributed by atoms with Crippen molar-refractivity contribution in [3.05, 3.63) is 56.5 Å². The maximum Gasteiger partial charge on any atom is 0.189 e. The second-order valence-corrected chi connectivity index (χ2v) is 5.90. The molecule has 1 N–H and O–H groups in total. The van der Waals surface area contributed by atoms with Crippen LogP contribution in [0.5, 0.6) is 5.75 Å². The van der Waals surface area contributed by atoms with E-state index in [0.29, 0.717) is 28.2 Å². The van der Waals surface area contributed by atoms with Gasteiger partial charge in [-0.1, -0.05) is 34.8 Å². The molecule has 0 atom stereocenters. The lowest BCUT2D eigenvalue weighted by Crippen LogP contribution is -2.14. The summed E-state index contributed by atoms with van der Waals surface area (Å²) in [6.45, 7) is 1.34. The molecule has 0 amide bonds. The summed E-state index contributed by atoms with van der Waals surface area (Å²) in [4.78, 5) is 0. The summed E-state index contributed by atoms with van der Waals surface area (Å²) in [6, 6.07) is 9.15. The molecule has 0 aliphatic carbocycles. The van der Waals surface area contributed by atoms with Gasteiger partial charge in [-0.2, -0.15) is 0 Å². The fourth-order valence-corrected chi connectivity index (χ4v) is 2.75. The lowest BCUT2D eigenvalue weighted by molar-refractivity contribution is -0.0169. The Morgan fingerprint density at radius 1 is 1.05 bits per heavy atom. The van der Waals surface area contributed by atoms with Crippen LogP contribution in [0.25, 0.3) is 0 Å². The molecule has 0 spiro atoms. The van der Waals surface area contributed by atoms with Gasteiger partial charge in [-0.3, -0.25) is 0 Å². The number of anilines is 1. The molecule has 0 saturated heterocycles. The molecular weight excluding hydrogens is 333 g/mol. The van der Waals surface area contributed by atoms with Gasteiger partial charge in [-0.05, 0) is 30.3 Å². The van der Waals surface area contributed by atoms with Gasteiger partial charge in [0.1, 0.15) is 5.75 Å². The number of nitrogens with one attached hydrogen (secondary N) is 1. The Kier molecular flexibility index (Phi) is 4.45. The SMILES string of the molecule is Clc1cc(CNc2ccc(Cl)c(Cl)c2)c2c(c1)COCO2. The fourth-order valence-electron chi connectivity index (χ4n) is 2.19. The van der Waals surface area contributed by atoms with E-state index in [9.17, 15) is 0 Å². The van der Waals surface area contributed by atoms with Crippen LogP contribution in [0.2, 0.25) is 15.1 Å². The summed E-state index contributed by atoms with van der Waals surface area (Å²) < 4.78 is 10.8. The molecule has 1 aliphatic rings. The van der Waals surface area contributed by atoms with Crippen LogP contribution in [0, 0.1) is 0 Å². The van der Waals surface area contributed by atoms with Gasteiger partial charge in [-0.25, -0.2) is 0 Å². The van der Waals surface area contributed by atoms with E-state index in [1.807, 2.05) is 18.2 Å². The molecule has 110 valence electrons. The summed E-state index contributed by atoms with van der Waals surface area (Å²) in [5.41, 5.74) is 2.82. The van der Waals surface area contributed by atoms with Crippen LogP contribution in [-0.4, -0.2) is 6.79 Å². The van der Waals surface area contributed by atoms with E-state index >= 15 is 0 Å². The van der Waals surface area contributed by atoms with Crippen molar-refractivity contribution >= 4 is 40.5 Å². The summed E-state index contributed by atoms with van der Waals surface area (Å²) in [5, 5.41) is 4.99. The minimum Gasteiger partial charge on any atom is -0.467 e. The van der Waals surface area contributed by atoms with E-state index in [2.05, 4.69) is 5.32 Å². The molecule has 3 nitrogen and oxygen atoms in total. The standard InChI is InChI=1S/C15H12Cl3NO2/c16-11-3-9(15-10(4-11)7-20-8-21-15)6-19-12-1-2-13(17)14(18)5-12/h1-5,19H,6-8H2. The molecule has 0 aromatic heterocycles. The van der Waals surface area contributed by atoms with Crippen LogP contribution in [0.15, 0.2) is 30.3 Å². The van der Waals surface area contributed by atoms with Crippen molar-refractivity contribution in [2.24, 2.45) is 0 Å². The second kappa shape index (κ2) is 6.32. The van der Waals surface area contributed by atoms with Crippen LogP contribution in [0.4, 0.5) is 5.69 Å². The van der Waals surface area contributed by atoms with E-state index in [1.165, 1.54) is 0 Å². The Balaban J connectivity index is 1.81. The quantitative estimate of drug-likeness (QED) is 0.837. The predicted molar refractivity (Wildman–Crippen MR) is 85.5 cm³/mol. The highest BCUT2D eigenvalue weighted by atomic mass is 35.5. The maximum atomic E-state index is 6.13. The Labute approximate surface area is 137 Å². The minimum absolute atomic E-state index is 0.258. The predicted octanol–water partition coefficient (Wildman–Crippen LogP) is 5.13. The number of ether oxygens (including phenoxy) is 2. The van der Waals surface area contributed by atoms with Gasteiger partial charge in [-0.15, -0.1) is 0 Å². The fraction of sp³-hybridized carbons (Fsp3) is 0.200. The lowest BCUT2D eigenvalue weighted by atomic mass is 10.1. The number of fused-ring (bicyclic) bond motifs is 1. The Morgan fingerprint density at radius 3 is 2.71 bits per heavy atom. The zero-order chi connectivity index (χ0) is 14.8. The van der Waals surface area contributed by atoms with Gasteiger partial charge in [0.05, 0.1) is 16.7 Å². The average molecular weight is 345 g/mol. The highest BCUT2D eigenvalue weighted by Gasteiger charge is 2.16. The first-order valence-corrected chi connectivity index (χ1v) is 7.47. The van der Waals surface area contributed by atoms with Crippen molar-refractivity contribution in [1.29, 1.82) is 0 Å². The lowest BCUT2D eigenvalue weighted by Gasteiger charge is -2.21. The van der Waals surface area contributed by atoms with Crippen LogP contribution in [0.1, 0.15) is 11.1 Å². The van der Waals surface area contributed by atoms with Crippen molar-refractivity contribution in [2.45, 2.75) is 13.2 Å². The van der Waals surface area contributed by atoms with Gasteiger partial charge in [0.2, 0.25) is 0 Å². The molecule has 2 aromatic rings. The van der Waals surface area contributed by atoms with Gasteiger partial charge >= 0.3 is 0 Å². The largest absolute Gasteiger partial charge is 0.467 e. The van der Waals surface area contributed by atoms with E-state index in [1.54, 1.807) is 12.1 Å². The Morgan fingerprint density at radius 2 is 1.90 bits per heavy atom. The molecule has 1 heterocycles. The summed E-state index contributed by atoms with van der Waals surface area (Å²) in [5.74, 6) is 0.832. The Hall–Kier alpha value is -1.13. The number of hydrogen-bond donors (Lipinski definition) is 1. The number of halogens is 3. The first kappa shape index (κ1) is 14.8. The molecule has 0 fully saturated rings. The van der Waals surface area contributed by atoms with Crippen LogP contribution >= 0.6 is 34.8 Å².